The van der Waals surface area contributed by atoms with E-state index in [-0.39, 0.29) is 35.7 Å². The highest BCUT2D eigenvalue weighted by Crippen LogP contribution is 2.25. The molecule has 30 heavy (non-hydrogen) atoms. The van der Waals surface area contributed by atoms with Crippen LogP contribution in [0.3, 0.4) is 0 Å². The summed E-state index contributed by atoms with van der Waals surface area (Å²) in [4.78, 5) is 25.3. The lowest BCUT2D eigenvalue weighted by molar-refractivity contribution is -0.122. The zero-order valence-electron chi connectivity index (χ0n) is 17.6. The summed E-state index contributed by atoms with van der Waals surface area (Å²) in [6, 6.07) is 19.6. The standard InChI is InChI=1S/C26H30N2O2/c1-19-11-9-17-24(30)28-26(22-15-7-4-8-16-22)20(2)12-10-18-23(29)27-25(19)21-13-5-3-6-14-21/h3-16,19-20,25-26H,17-18H2,1-2H3,(H,27,29)(H,28,30)/b11-9+,12-10+/t19-,20-,25+,26+/m0/s1. The molecular formula is C26H30N2O2. The summed E-state index contributed by atoms with van der Waals surface area (Å²) >= 11 is 0. The van der Waals surface area contributed by atoms with Gasteiger partial charge in [-0.1, -0.05) is 98.8 Å². The van der Waals surface area contributed by atoms with Gasteiger partial charge in [0.1, 0.15) is 0 Å². The number of hydrogen-bond acceptors (Lipinski definition) is 2. The van der Waals surface area contributed by atoms with Gasteiger partial charge in [-0.3, -0.25) is 9.59 Å². The van der Waals surface area contributed by atoms with Crippen LogP contribution in [0.1, 0.15) is 49.9 Å². The lowest BCUT2D eigenvalue weighted by Gasteiger charge is -2.25. The summed E-state index contributed by atoms with van der Waals surface area (Å²) < 4.78 is 0. The van der Waals surface area contributed by atoms with Crippen LogP contribution in [0, 0.1) is 11.8 Å². The summed E-state index contributed by atoms with van der Waals surface area (Å²) in [5.41, 5.74) is 2.11. The van der Waals surface area contributed by atoms with Crippen LogP contribution in [0.2, 0.25) is 0 Å². The zero-order chi connectivity index (χ0) is 21.3. The van der Waals surface area contributed by atoms with Gasteiger partial charge in [0.05, 0.1) is 12.1 Å². The predicted octanol–water partition coefficient (Wildman–Crippen LogP) is 4.88. The Bertz CT molecular complexity index is 814. The van der Waals surface area contributed by atoms with Crippen molar-refractivity contribution in [3.63, 3.8) is 0 Å². The molecule has 2 aromatic rings. The molecule has 2 aromatic carbocycles. The van der Waals surface area contributed by atoms with Crippen molar-refractivity contribution in [1.29, 1.82) is 0 Å². The quantitative estimate of drug-likeness (QED) is 0.704. The summed E-state index contributed by atoms with van der Waals surface area (Å²) in [7, 11) is 0. The second-order valence-electron chi connectivity index (χ2n) is 7.89. The summed E-state index contributed by atoms with van der Waals surface area (Å²) in [5.74, 6) is 0.0923. The van der Waals surface area contributed by atoms with Crippen LogP contribution < -0.4 is 10.6 Å². The molecule has 1 heterocycles. The van der Waals surface area contributed by atoms with Gasteiger partial charge in [0.15, 0.2) is 0 Å². The molecule has 4 nitrogen and oxygen atoms in total. The molecule has 0 radical (unpaired) electrons. The average Bonchev–Trinajstić information content (AvgIpc) is 2.76. The molecule has 2 N–H and O–H groups in total. The minimum atomic E-state index is -0.135. The molecule has 4 atom stereocenters. The second-order valence-corrected chi connectivity index (χ2v) is 7.89. The normalized spacial score (nSPS) is 27.9. The molecule has 2 amide bonds. The van der Waals surface area contributed by atoms with Gasteiger partial charge in [-0.25, -0.2) is 0 Å². The monoisotopic (exact) mass is 402 g/mol. The van der Waals surface area contributed by atoms with Gasteiger partial charge < -0.3 is 10.6 Å². The molecule has 3 rings (SSSR count). The third-order valence-electron chi connectivity index (χ3n) is 5.49. The Morgan fingerprint density at radius 2 is 1.00 bits per heavy atom. The minimum absolute atomic E-state index is 0.00934. The molecule has 0 unspecified atom stereocenters. The van der Waals surface area contributed by atoms with E-state index in [0.717, 1.165) is 11.1 Å². The number of nitrogens with one attached hydrogen (secondary N) is 2. The molecular weight excluding hydrogens is 372 g/mol. The molecule has 0 aromatic heterocycles. The van der Waals surface area contributed by atoms with Gasteiger partial charge in [0.2, 0.25) is 11.8 Å². The number of benzene rings is 2. The fourth-order valence-electron chi connectivity index (χ4n) is 3.82. The van der Waals surface area contributed by atoms with E-state index < -0.39 is 0 Å². The average molecular weight is 403 g/mol. The van der Waals surface area contributed by atoms with Crippen molar-refractivity contribution in [2.45, 2.75) is 38.8 Å². The van der Waals surface area contributed by atoms with E-state index in [0.29, 0.717) is 12.8 Å². The van der Waals surface area contributed by atoms with Gasteiger partial charge in [-0.05, 0) is 23.0 Å². The van der Waals surface area contributed by atoms with E-state index in [2.05, 4.69) is 24.5 Å². The Balaban J connectivity index is 1.84. The molecule has 1 aliphatic heterocycles. The van der Waals surface area contributed by atoms with E-state index in [1.54, 1.807) is 0 Å². The number of hydrogen-bond donors (Lipinski definition) is 2. The van der Waals surface area contributed by atoms with Crippen molar-refractivity contribution in [1.82, 2.24) is 10.6 Å². The van der Waals surface area contributed by atoms with Crippen molar-refractivity contribution >= 4 is 11.8 Å². The van der Waals surface area contributed by atoms with Gasteiger partial charge in [-0.2, -0.15) is 0 Å². The first kappa shape index (κ1) is 21.6. The molecule has 0 bridgehead atoms. The van der Waals surface area contributed by atoms with Gasteiger partial charge in [-0.15, -0.1) is 0 Å². The Morgan fingerprint density at radius 3 is 1.37 bits per heavy atom. The molecule has 0 spiro atoms. The van der Waals surface area contributed by atoms with Crippen molar-refractivity contribution < 1.29 is 9.59 Å². The van der Waals surface area contributed by atoms with Crippen molar-refractivity contribution in [2.24, 2.45) is 11.8 Å². The van der Waals surface area contributed by atoms with E-state index >= 15 is 0 Å². The van der Waals surface area contributed by atoms with Crippen LogP contribution in [0.25, 0.3) is 0 Å². The van der Waals surface area contributed by atoms with Crippen molar-refractivity contribution in [3.05, 3.63) is 96.1 Å². The number of carbonyl (C=O) groups excluding carboxylic acids is 2. The Morgan fingerprint density at radius 1 is 0.633 bits per heavy atom. The zero-order valence-corrected chi connectivity index (χ0v) is 17.6. The van der Waals surface area contributed by atoms with Crippen molar-refractivity contribution in [2.75, 3.05) is 0 Å². The Kier molecular flexibility index (Phi) is 7.61. The summed E-state index contributed by atoms with van der Waals surface area (Å²) in [6.07, 6.45) is 8.44. The maximum absolute atomic E-state index is 12.6. The maximum Gasteiger partial charge on any atom is 0.224 e. The molecule has 0 fully saturated rings. The smallest absolute Gasteiger partial charge is 0.224 e. The number of rotatable bonds is 2. The third kappa shape index (κ3) is 5.93. The fourth-order valence-corrected chi connectivity index (χ4v) is 3.82. The Labute approximate surface area is 179 Å². The SMILES string of the molecule is C[C@H]1/C=C/CC(=O)N[C@@H](c2ccccc2)[C@@H](C)/C=C/CC(=O)N[C@H]1c1ccccc1. The number of carbonyl (C=O) groups is 2. The first-order chi connectivity index (χ1) is 14.5. The molecule has 0 aliphatic carbocycles. The summed E-state index contributed by atoms with van der Waals surface area (Å²) in [6.45, 7) is 4.12. The molecule has 0 saturated carbocycles. The fraction of sp³-hybridized carbons (Fsp3) is 0.308. The van der Waals surface area contributed by atoms with E-state index in [9.17, 15) is 9.59 Å². The van der Waals surface area contributed by atoms with Crippen LogP contribution in [-0.4, -0.2) is 11.8 Å². The third-order valence-corrected chi connectivity index (χ3v) is 5.49. The lowest BCUT2D eigenvalue weighted by Crippen LogP contribution is -2.33. The van der Waals surface area contributed by atoms with E-state index in [1.165, 1.54) is 0 Å². The number of amides is 2. The van der Waals surface area contributed by atoms with Gasteiger partial charge in [0.25, 0.3) is 0 Å². The van der Waals surface area contributed by atoms with Crippen LogP contribution in [-0.2, 0) is 9.59 Å². The predicted molar refractivity (Wildman–Crippen MR) is 120 cm³/mol. The Hall–Kier alpha value is -3.14. The van der Waals surface area contributed by atoms with Crippen LogP contribution in [0.5, 0.6) is 0 Å². The van der Waals surface area contributed by atoms with E-state index in [4.69, 9.17) is 0 Å². The highest BCUT2D eigenvalue weighted by molar-refractivity contribution is 5.79. The topological polar surface area (TPSA) is 58.2 Å². The van der Waals surface area contributed by atoms with Crippen LogP contribution in [0.4, 0.5) is 0 Å². The van der Waals surface area contributed by atoms with Gasteiger partial charge in [0, 0.05) is 12.8 Å². The molecule has 1 aliphatic rings. The first-order valence-corrected chi connectivity index (χ1v) is 10.6. The van der Waals surface area contributed by atoms with Gasteiger partial charge >= 0.3 is 0 Å². The highest BCUT2D eigenvalue weighted by Gasteiger charge is 2.22. The summed E-state index contributed by atoms with van der Waals surface area (Å²) in [5, 5.41) is 6.33. The van der Waals surface area contributed by atoms with Crippen molar-refractivity contribution in [3.8, 4) is 0 Å². The highest BCUT2D eigenvalue weighted by atomic mass is 16.2. The molecule has 4 heteroatoms. The lowest BCUT2D eigenvalue weighted by atomic mass is 9.92. The van der Waals surface area contributed by atoms with Crippen LogP contribution in [0.15, 0.2) is 85.0 Å². The van der Waals surface area contributed by atoms with Crippen LogP contribution >= 0.6 is 0 Å². The van der Waals surface area contributed by atoms with E-state index in [1.807, 2.05) is 85.0 Å². The molecule has 0 saturated heterocycles. The minimum Gasteiger partial charge on any atom is -0.348 e. The second kappa shape index (κ2) is 10.6. The first-order valence-electron chi connectivity index (χ1n) is 10.6. The molecule has 156 valence electrons. The maximum atomic E-state index is 12.6. The largest absolute Gasteiger partial charge is 0.348 e.